The maximum absolute atomic E-state index is 12.2. The molecule has 3 rings (SSSR count). The molecule has 2 aliphatic heterocycles. The third-order valence-corrected chi connectivity index (χ3v) is 4.84. The fourth-order valence-electron chi connectivity index (χ4n) is 3.61. The summed E-state index contributed by atoms with van der Waals surface area (Å²) in [5.41, 5.74) is 1.52. The topological polar surface area (TPSA) is 78.9 Å². The summed E-state index contributed by atoms with van der Waals surface area (Å²) < 4.78 is 5.44. The van der Waals surface area contributed by atoms with Gasteiger partial charge in [-0.15, -0.1) is 0 Å². The predicted molar refractivity (Wildman–Crippen MR) is 90.6 cm³/mol. The molecule has 0 atom stereocenters. The zero-order chi connectivity index (χ0) is 17.5. The molecule has 1 saturated heterocycles. The van der Waals surface area contributed by atoms with E-state index in [0.29, 0.717) is 18.7 Å². The second kappa shape index (κ2) is 5.69. The van der Waals surface area contributed by atoms with Crippen LogP contribution in [0.5, 0.6) is 0 Å². The van der Waals surface area contributed by atoms with Crippen molar-refractivity contribution in [3.05, 3.63) is 29.3 Å². The van der Waals surface area contributed by atoms with Crippen molar-refractivity contribution in [3.63, 3.8) is 0 Å². The van der Waals surface area contributed by atoms with Gasteiger partial charge in [-0.3, -0.25) is 0 Å². The van der Waals surface area contributed by atoms with Crippen LogP contribution in [0.4, 0.5) is 10.5 Å². The van der Waals surface area contributed by atoms with Crippen LogP contribution in [0.25, 0.3) is 0 Å². The van der Waals surface area contributed by atoms with Gasteiger partial charge in [0.05, 0.1) is 11.3 Å². The molecule has 0 aliphatic carbocycles. The lowest BCUT2D eigenvalue weighted by Gasteiger charge is -2.39. The molecular formula is C18H24N2O4. The lowest BCUT2D eigenvalue weighted by atomic mass is 9.74. The van der Waals surface area contributed by atoms with Gasteiger partial charge >= 0.3 is 12.1 Å². The Labute approximate surface area is 141 Å². The second-order valence-electron chi connectivity index (χ2n) is 7.63. The SMILES string of the molecule is CC(C)(C)OC(=O)N1CCC2(CC1)CNc1c(C(=O)O)cccc12. The number of carboxylic acid groups (broad SMARTS) is 1. The molecule has 2 aliphatic rings. The van der Waals surface area contributed by atoms with Crippen LogP contribution in [-0.2, 0) is 10.2 Å². The van der Waals surface area contributed by atoms with Gasteiger partial charge in [0.25, 0.3) is 0 Å². The highest BCUT2D eigenvalue weighted by Crippen LogP contribution is 2.45. The van der Waals surface area contributed by atoms with Crippen LogP contribution in [0.2, 0.25) is 0 Å². The molecule has 24 heavy (non-hydrogen) atoms. The maximum Gasteiger partial charge on any atom is 0.410 e. The number of fused-ring (bicyclic) bond motifs is 2. The standard InChI is InChI=1S/C18H24N2O4/c1-17(2,3)24-16(23)20-9-7-18(8-10-20)11-19-14-12(15(21)22)5-4-6-13(14)18/h4-6,19H,7-11H2,1-3H3,(H,21,22). The van der Waals surface area contributed by atoms with Crippen molar-refractivity contribution in [1.82, 2.24) is 4.90 Å². The lowest BCUT2D eigenvalue weighted by molar-refractivity contribution is 0.0172. The van der Waals surface area contributed by atoms with E-state index in [1.807, 2.05) is 26.8 Å². The number of carboxylic acids is 1. The molecule has 6 heteroatoms. The maximum atomic E-state index is 12.2. The molecule has 1 aromatic rings. The summed E-state index contributed by atoms with van der Waals surface area (Å²) >= 11 is 0. The van der Waals surface area contributed by atoms with Gasteiger partial charge in [0.2, 0.25) is 0 Å². The summed E-state index contributed by atoms with van der Waals surface area (Å²) in [7, 11) is 0. The van der Waals surface area contributed by atoms with Crippen LogP contribution in [0.3, 0.4) is 0 Å². The van der Waals surface area contributed by atoms with E-state index in [9.17, 15) is 14.7 Å². The molecule has 130 valence electrons. The Morgan fingerprint density at radius 1 is 1.25 bits per heavy atom. The Morgan fingerprint density at radius 3 is 2.50 bits per heavy atom. The smallest absolute Gasteiger partial charge is 0.410 e. The highest BCUT2D eigenvalue weighted by Gasteiger charge is 2.43. The molecule has 0 aromatic heterocycles. The average Bonchev–Trinajstić information content (AvgIpc) is 2.85. The minimum atomic E-state index is -0.914. The van der Waals surface area contributed by atoms with Crippen LogP contribution in [0.15, 0.2) is 18.2 Å². The van der Waals surface area contributed by atoms with E-state index in [2.05, 4.69) is 5.32 Å². The second-order valence-corrected chi connectivity index (χ2v) is 7.63. The monoisotopic (exact) mass is 332 g/mol. The van der Waals surface area contributed by atoms with Gasteiger partial charge in [-0.25, -0.2) is 9.59 Å². The Balaban J connectivity index is 1.76. The van der Waals surface area contributed by atoms with E-state index in [-0.39, 0.29) is 11.5 Å². The number of carbonyl (C=O) groups is 2. The van der Waals surface area contributed by atoms with Crippen LogP contribution in [0.1, 0.15) is 49.5 Å². The van der Waals surface area contributed by atoms with Crippen LogP contribution in [-0.4, -0.2) is 47.3 Å². The van der Waals surface area contributed by atoms with Crippen molar-refractivity contribution in [1.29, 1.82) is 0 Å². The summed E-state index contributed by atoms with van der Waals surface area (Å²) in [6.45, 7) is 7.54. The van der Waals surface area contributed by atoms with Crippen LogP contribution in [0, 0.1) is 0 Å². The molecule has 2 N–H and O–H groups in total. The number of benzene rings is 1. The molecule has 1 amide bonds. The third-order valence-electron chi connectivity index (χ3n) is 4.84. The van der Waals surface area contributed by atoms with E-state index in [1.54, 1.807) is 17.0 Å². The summed E-state index contributed by atoms with van der Waals surface area (Å²) in [6.07, 6.45) is 1.33. The van der Waals surface area contributed by atoms with E-state index >= 15 is 0 Å². The average molecular weight is 332 g/mol. The number of carbonyl (C=O) groups excluding carboxylic acids is 1. The quantitative estimate of drug-likeness (QED) is 0.826. The Morgan fingerprint density at radius 2 is 1.92 bits per heavy atom. The molecule has 6 nitrogen and oxygen atoms in total. The molecular weight excluding hydrogens is 308 g/mol. The zero-order valence-electron chi connectivity index (χ0n) is 14.4. The van der Waals surface area contributed by atoms with Crippen molar-refractivity contribution in [2.45, 2.75) is 44.6 Å². The van der Waals surface area contributed by atoms with Crippen LogP contribution < -0.4 is 5.32 Å². The summed E-state index contributed by atoms with van der Waals surface area (Å²) in [5.74, 6) is -0.914. The number of hydrogen-bond donors (Lipinski definition) is 2. The van der Waals surface area contributed by atoms with Crippen molar-refractivity contribution in [2.75, 3.05) is 25.0 Å². The molecule has 0 saturated carbocycles. The molecule has 0 radical (unpaired) electrons. The van der Waals surface area contributed by atoms with Gasteiger partial charge in [-0.1, -0.05) is 12.1 Å². The van der Waals surface area contributed by atoms with Crippen molar-refractivity contribution in [3.8, 4) is 0 Å². The number of piperidine rings is 1. The van der Waals surface area contributed by atoms with Gasteiger partial charge in [-0.05, 0) is 45.2 Å². The number of nitrogens with one attached hydrogen (secondary N) is 1. The lowest BCUT2D eigenvalue weighted by Crippen LogP contribution is -2.47. The highest BCUT2D eigenvalue weighted by molar-refractivity contribution is 5.96. The molecule has 1 fully saturated rings. The van der Waals surface area contributed by atoms with Gasteiger partial charge < -0.3 is 20.1 Å². The zero-order valence-corrected chi connectivity index (χ0v) is 14.4. The van der Waals surface area contributed by atoms with E-state index < -0.39 is 11.6 Å². The molecule has 1 aromatic carbocycles. The van der Waals surface area contributed by atoms with E-state index in [1.165, 1.54) is 0 Å². The summed E-state index contributed by atoms with van der Waals surface area (Å²) in [4.78, 5) is 25.4. The predicted octanol–water partition coefficient (Wildman–Crippen LogP) is 3.08. The molecule has 0 bridgehead atoms. The van der Waals surface area contributed by atoms with Crippen LogP contribution >= 0.6 is 0 Å². The number of nitrogens with zero attached hydrogens (tertiary/aromatic N) is 1. The fraction of sp³-hybridized carbons (Fsp3) is 0.556. The highest BCUT2D eigenvalue weighted by atomic mass is 16.6. The van der Waals surface area contributed by atoms with Gasteiger partial charge in [-0.2, -0.15) is 0 Å². The molecule has 1 spiro atoms. The first kappa shape index (κ1) is 16.6. The fourth-order valence-corrected chi connectivity index (χ4v) is 3.61. The first-order valence-corrected chi connectivity index (χ1v) is 8.30. The number of anilines is 1. The summed E-state index contributed by atoms with van der Waals surface area (Å²) in [5, 5.41) is 12.6. The van der Waals surface area contributed by atoms with Gasteiger partial charge in [0.1, 0.15) is 5.60 Å². The minimum absolute atomic E-state index is 0.0979. The number of para-hydroxylation sites is 1. The number of likely N-dealkylation sites (tertiary alicyclic amines) is 1. The summed E-state index contributed by atoms with van der Waals surface area (Å²) in [6, 6.07) is 5.44. The first-order valence-electron chi connectivity index (χ1n) is 8.30. The van der Waals surface area contributed by atoms with Crippen molar-refractivity contribution < 1.29 is 19.4 Å². The third kappa shape index (κ3) is 2.92. The van der Waals surface area contributed by atoms with E-state index in [4.69, 9.17) is 4.74 Å². The first-order chi connectivity index (χ1) is 11.2. The Kier molecular flexibility index (Phi) is 3.94. The largest absolute Gasteiger partial charge is 0.478 e. The molecule has 2 heterocycles. The van der Waals surface area contributed by atoms with E-state index in [0.717, 1.165) is 30.6 Å². The number of amides is 1. The number of hydrogen-bond acceptors (Lipinski definition) is 4. The van der Waals surface area contributed by atoms with Gasteiger partial charge in [0.15, 0.2) is 0 Å². The number of rotatable bonds is 1. The molecule has 0 unspecified atom stereocenters. The Bertz CT molecular complexity index is 670. The minimum Gasteiger partial charge on any atom is -0.478 e. The Hall–Kier alpha value is -2.24. The number of aromatic carboxylic acids is 1. The normalized spacial score (nSPS) is 18.9. The van der Waals surface area contributed by atoms with Crippen molar-refractivity contribution >= 4 is 17.7 Å². The number of ether oxygens (including phenoxy) is 1. The van der Waals surface area contributed by atoms with Crippen molar-refractivity contribution in [2.24, 2.45) is 0 Å². The van der Waals surface area contributed by atoms with Gasteiger partial charge in [0, 0.05) is 25.0 Å².